The third-order valence-corrected chi connectivity index (χ3v) is 5.55. The van der Waals surface area contributed by atoms with Crippen LogP contribution in [0.15, 0.2) is 0 Å². The zero-order chi connectivity index (χ0) is 14.1. The summed E-state index contributed by atoms with van der Waals surface area (Å²) in [6.45, 7) is 5.58. The van der Waals surface area contributed by atoms with Crippen molar-refractivity contribution >= 4 is 51.1 Å². The minimum atomic E-state index is -2.61. The number of imide groups is 1. The van der Waals surface area contributed by atoms with Crippen molar-refractivity contribution in [2.75, 3.05) is 0 Å². The molecular weight excluding hydrogens is 313 g/mol. The second kappa shape index (κ2) is 5.69. The van der Waals surface area contributed by atoms with Gasteiger partial charge in [-0.15, -0.1) is 33.2 Å². The third-order valence-electron chi connectivity index (χ3n) is 2.92. The average Bonchev–Trinajstić information content (AvgIpc) is 2.38. The Morgan fingerprint density at radius 2 is 1.83 bits per heavy atom. The molecule has 104 valence electrons. The largest absolute Gasteiger partial charge is 0.341 e. The molecule has 0 aromatic carbocycles. The van der Waals surface area contributed by atoms with Crippen LogP contribution in [0.25, 0.3) is 0 Å². The minimum Gasteiger partial charge on any atom is -0.277 e. The maximum Gasteiger partial charge on any atom is 0.341 e. The van der Waals surface area contributed by atoms with Crippen LogP contribution in [-0.4, -0.2) is 28.3 Å². The van der Waals surface area contributed by atoms with Crippen LogP contribution in [0.2, 0.25) is 6.04 Å². The molecule has 18 heavy (non-hydrogen) atoms. The van der Waals surface area contributed by atoms with Crippen LogP contribution in [-0.2, 0) is 9.59 Å². The van der Waals surface area contributed by atoms with Gasteiger partial charge in [-0.3, -0.25) is 14.5 Å². The SMILES string of the molecule is CC(C)(C)N1C(=O)CC(CCC[Si](Cl)(Cl)Cl)C1=O. The van der Waals surface area contributed by atoms with Gasteiger partial charge in [-0.05, 0) is 33.2 Å². The van der Waals surface area contributed by atoms with Crippen molar-refractivity contribution in [2.24, 2.45) is 5.92 Å². The van der Waals surface area contributed by atoms with E-state index in [1.807, 2.05) is 20.8 Å². The highest BCUT2D eigenvalue weighted by atomic mass is 35.8. The second-order valence-corrected chi connectivity index (χ2v) is 14.9. The van der Waals surface area contributed by atoms with E-state index in [9.17, 15) is 9.59 Å². The van der Waals surface area contributed by atoms with Crippen LogP contribution < -0.4 is 0 Å². The number of carbonyl (C=O) groups excluding carboxylic acids is 2. The van der Waals surface area contributed by atoms with Crippen LogP contribution in [0.3, 0.4) is 0 Å². The molecule has 0 saturated carbocycles. The average molecular weight is 331 g/mol. The first-order valence-corrected chi connectivity index (χ1v) is 11.2. The fraction of sp³-hybridized carbons (Fsp3) is 0.818. The molecule has 0 aromatic heterocycles. The first kappa shape index (κ1) is 16.3. The van der Waals surface area contributed by atoms with Gasteiger partial charge in [0.05, 0.1) is 0 Å². The summed E-state index contributed by atoms with van der Waals surface area (Å²) in [4.78, 5) is 25.3. The lowest BCUT2D eigenvalue weighted by atomic mass is 10.0. The van der Waals surface area contributed by atoms with E-state index in [0.29, 0.717) is 18.9 Å². The number of nitrogens with zero attached hydrogens (tertiary/aromatic N) is 1. The molecule has 1 aliphatic heterocycles. The molecule has 0 bridgehead atoms. The zero-order valence-electron chi connectivity index (χ0n) is 10.8. The fourth-order valence-corrected chi connectivity index (χ4v) is 3.98. The lowest BCUT2D eigenvalue weighted by Crippen LogP contribution is -2.45. The molecule has 0 spiro atoms. The Balaban J connectivity index is 2.56. The van der Waals surface area contributed by atoms with Gasteiger partial charge in [-0.2, -0.15) is 0 Å². The molecule has 3 nitrogen and oxygen atoms in total. The van der Waals surface area contributed by atoms with E-state index in [-0.39, 0.29) is 24.2 Å². The lowest BCUT2D eigenvalue weighted by Gasteiger charge is -2.30. The summed E-state index contributed by atoms with van der Waals surface area (Å²) in [5.41, 5.74) is -0.452. The number of amides is 2. The molecule has 1 aliphatic rings. The number of rotatable bonds is 4. The fourth-order valence-electron chi connectivity index (χ4n) is 2.17. The normalized spacial score (nSPS) is 21.9. The lowest BCUT2D eigenvalue weighted by molar-refractivity contribution is -0.144. The standard InChI is InChI=1S/C11H18Cl3NO2Si/c1-11(2,3)15-9(16)7-8(10(15)17)5-4-6-18(12,13)14/h8H,4-7H2,1-3H3. The Labute approximate surface area is 123 Å². The molecule has 7 heteroatoms. The second-order valence-electron chi connectivity index (χ2n) is 5.65. The minimum absolute atomic E-state index is 0.0847. The Hall–Kier alpha value is 0.227. The summed E-state index contributed by atoms with van der Waals surface area (Å²) in [6, 6.07) is -2.08. The van der Waals surface area contributed by atoms with Crippen molar-refractivity contribution in [1.29, 1.82) is 0 Å². The quantitative estimate of drug-likeness (QED) is 0.449. The van der Waals surface area contributed by atoms with Gasteiger partial charge >= 0.3 is 6.00 Å². The van der Waals surface area contributed by atoms with Crippen molar-refractivity contribution in [2.45, 2.75) is 51.6 Å². The molecule has 1 rings (SSSR count). The summed E-state index contributed by atoms with van der Waals surface area (Å²) in [6.07, 6.45) is 1.60. The van der Waals surface area contributed by atoms with Gasteiger partial charge in [0.25, 0.3) is 0 Å². The van der Waals surface area contributed by atoms with Gasteiger partial charge < -0.3 is 0 Å². The summed E-state index contributed by atoms with van der Waals surface area (Å²) in [5, 5.41) is 0. The first-order chi connectivity index (χ1) is 8.02. The molecule has 0 radical (unpaired) electrons. The molecule has 2 amide bonds. The van der Waals surface area contributed by atoms with E-state index in [1.165, 1.54) is 4.90 Å². The number of carbonyl (C=O) groups is 2. The summed E-state index contributed by atoms with van der Waals surface area (Å²) in [7, 11) is 0. The summed E-state index contributed by atoms with van der Waals surface area (Å²) < 4.78 is 0. The van der Waals surface area contributed by atoms with Gasteiger partial charge in [0.1, 0.15) is 0 Å². The number of halogens is 3. The van der Waals surface area contributed by atoms with E-state index in [0.717, 1.165) is 0 Å². The maximum atomic E-state index is 12.1. The van der Waals surface area contributed by atoms with E-state index < -0.39 is 11.5 Å². The van der Waals surface area contributed by atoms with Crippen LogP contribution in [0.1, 0.15) is 40.0 Å². The topological polar surface area (TPSA) is 37.4 Å². The van der Waals surface area contributed by atoms with Crippen LogP contribution in [0.4, 0.5) is 0 Å². The Morgan fingerprint density at radius 1 is 1.28 bits per heavy atom. The Morgan fingerprint density at radius 3 is 2.22 bits per heavy atom. The molecule has 1 fully saturated rings. The Bertz CT molecular complexity index is 349. The van der Waals surface area contributed by atoms with Gasteiger partial charge in [0, 0.05) is 17.9 Å². The number of hydrogen-bond acceptors (Lipinski definition) is 2. The third kappa shape index (κ3) is 4.40. The predicted molar refractivity (Wildman–Crippen MR) is 77.1 cm³/mol. The molecule has 0 aromatic rings. The molecule has 1 unspecified atom stereocenters. The van der Waals surface area contributed by atoms with E-state index in [1.54, 1.807) is 0 Å². The molecule has 0 aliphatic carbocycles. The molecule has 1 atom stereocenters. The van der Waals surface area contributed by atoms with Crippen LogP contribution >= 0.6 is 33.2 Å². The highest BCUT2D eigenvalue weighted by Gasteiger charge is 2.43. The molecular formula is C11H18Cl3NO2Si. The van der Waals surface area contributed by atoms with Gasteiger partial charge in [0.2, 0.25) is 11.8 Å². The van der Waals surface area contributed by atoms with Crippen molar-refractivity contribution in [3.63, 3.8) is 0 Å². The predicted octanol–water partition coefficient (Wildman–Crippen LogP) is 3.60. The highest BCUT2D eigenvalue weighted by molar-refractivity contribution is 7.64. The van der Waals surface area contributed by atoms with Gasteiger partial charge in [-0.25, -0.2) is 0 Å². The van der Waals surface area contributed by atoms with Gasteiger partial charge in [0.15, 0.2) is 0 Å². The van der Waals surface area contributed by atoms with Crippen LogP contribution in [0, 0.1) is 5.92 Å². The van der Waals surface area contributed by atoms with Crippen molar-refractivity contribution in [3.8, 4) is 0 Å². The molecule has 0 N–H and O–H groups in total. The number of likely N-dealkylation sites (tertiary alicyclic amines) is 1. The Kier molecular flexibility index (Phi) is 5.15. The summed E-state index contributed by atoms with van der Waals surface area (Å²) >= 11 is 17.4. The zero-order valence-corrected chi connectivity index (χ0v) is 14.1. The monoisotopic (exact) mass is 329 g/mol. The van der Waals surface area contributed by atoms with E-state index in [2.05, 4.69) is 0 Å². The van der Waals surface area contributed by atoms with Crippen LogP contribution in [0.5, 0.6) is 0 Å². The number of hydrogen-bond donors (Lipinski definition) is 0. The maximum absolute atomic E-state index is 12.1. The van der Waals surface area contributed by atoms with E-state index >= 15 is 0 Å². The molecule has 1 saturated heterocycles. The highest BCUT2D eigenvalue weighted by Crippen LogP contribution is 2.33. The summed E-state index contributed by atoms with van der Waals surface area (Å²) in [5.74, 6) is -0.416. The van der Waals surface area contributed by atoms with Crippen molar-refractivity contribution < 1.29 is 9.59 Å². The van der Waals surface area contributed by atoms with Gasteiger partial charge in [-0.1, -0.05) is 6.42 Å². The van der Waals surface area contributed by atoms with Crippen molar-refractivity contribution in [3.05, 3.63) is 0 Å². The van der Waals surface area contributed by atoms with Crippen molar-refractivity contribution in [1.82, 2.24) is 4.90 Å². The molecule has 1 heterocycles. The first-order valence-electron chi connectivity index (χ1n) is 5.96. The smallest absolute Gasteiger partial charge is 0.277 e. The van der Waals surface area contributed by atoms with E-state index in [4.69, 9.17) is 33.2 Å².